The summed E-state index contributed by atoms with van der Waals surface area (Å²) >= 11 is 3.44. The zero-order valence-electron chi connectivity index (χ0n) is 13.6. The van der Waals surface area contributed by atoms with Gasteiger partial charge in [-0.3, -0.25) is 15.2 Å². The van der Waals surface area contributed by atoms with Crippen LogP contribution in [-0.2, 0) is 4.79 Å². The summed E-state index contributed by atoms with van der Waals surface area (Å²) in [6, 6.07) is 11.6. The van der Waals surface area contributed by atoms with E-state index in [1.165, 1.54) is 5.01 Å². The summed E-state index contributed by atoms with van der Waals surface area (Å²) in [6.07, 6.45) is 1.58. The molecule has 1 aliphatic rings. The second kappa shape index (κ2) is 6.57. The van der Waals surface area contributed by atoms with Gasteiger partial charge in [-0.25, -0.2) is 0 Å². The predicted octanol–water partition coefficient (Wildman–Crippen LogP) is 1.38. The molecule has 5 nitrogen and oxygen atoms in total. The number of halogens is 1. The minimum absolute atomic E-state index is 0.143. The number of nitrogens with zero attached hydrogens (tertiary/aromatic N) is 1. The Hall–Kier alpha value is -2.47. The van der Waals surface area contributed by atoms with Gasteiger partial charge in [-0.05, 0) is 29.5 Å². The standard InChI is InChI=1S/C18H17BrN2O3/c1-21-17(22)9-12-8-15(23-2)16(24-3)10-14(12)18(20-21)11-4-6-13(19)7-5-11/h4-10,20H,1-3H3. The Morgan fingerprint density at radius 3 is 2.29 bits per heavy atom. The van der Waals surface area contributed by atoms with Crippen LogP contribution in [-0.4, -0.2) is 32.2 Å². The van der Waals surface area contributed by atoms with Gasteiger partial charge in [0.15, 0.2) is 11.5 Å². The second-order valence-corrected chi connectivity index (χ2v) is 6.25. The first-order valence-electron chi connectivity index (χ1n) is 7.32. The highest BCUT2D eigenvalue weighted by Gasteiger charge is 2.16. The maximum Gasteiger partial charge on any atom is 0.265 e. The molecular formula is C18H17BrN2O3. The number of nitrogens with one attached hydrogen (secondary N) is 1. The molecule has 0 spiro atoms. The summed E-state index contributed by atoms with van der Waals surface area (Å²) in [7, 11) is 4.86. The summed E-state index contributed by atoms with van der Waals surface area (Å²) in [5, 5.41) is 3.09. The Labute approximate surface area is 148 Å². The summed E-state index contributed by atoms with van der Waals surface area (Å²) in [6.45, 7) is 0. The van der Waals surface area contributed by atoms with E-state index in [-0.39, 0.29) is 5.91 Å². The SMILES string of the molecule is COc1cc2c(cc1OC)=C(c1ccc(Br)cc1)NN(C)C(=O)C=2. The highest BCUT2D eigenvalue weighted by Crippen LogP contribution is 2.23. The summed E-state index contributed by atoms with van der Waals surface area (Å²) < 4.78 is 11.8. The molecule has 0 bridgehead atoms. The molecule has 0 radical (unpaired) electrons. The first-order chi connectivity index (χ1) is 11.5. The largest absolute Gasteiger partial charge is 0.493 e. The van der Waals surface area contributed by atoms with E-state index in [2.05, 4.69) is 21.4 Å². The smallest absolute Gasteiger partial charge is 0.265 e. The zero-order valence-corrected chi connectivity index (χ0v) is 15.2. The monoisotopic (exact) mass is 388 g/mol. The van der Waals surface area contributed by atoms with Crippen LogP contribution < -0.4 is 25.3 Å². The number of carbonyl (C=O) groups excluding carboxylic acids is 1. The van der Waals surface area contributed by atoms with Gasteiger partial charge < -0.3 is 9.47 Å². The molecule has 124 valence electrons. The van der Waals surface area contributed by atoms with Crippen molar-refractivity contribution in [3.05, 3.63) is 56.9 Å². The van der Waals surface area contributed by atoms with E-state index < -0.39 is 0 Å². The number of rotatable bonds is 3. The molecule has 1 heterocycles. The molecule has 1 amide bonds. The van der Waals surface area contributed by atoms with Crippen LogP contribution >= 0.6 is 15.9 Å². The van der Waals surface area contributed by atoms with Crippen LogP contribution in [0.5, 0.6) is 11.5 Å². The highest BCUT2D eigenvalue weighted by molar-refractivity contribution is 9.10. The minimum Gasteiger partial charge on any atom is -0.493 e. The predicted molar refractivity (Wildman–Crippen MR) is 95.8 cm³/mol. The first-order valence-corrected chi connectivity index (χ1v) is 8.11. The Morgan fingerprint density at radius 1 is 1.04 bits per heavy atom. The lowest BCUT2D eigenvalue weighted by Crippen LogP contribution is -2.38. The van der Waals surface area contributed by atoms with Crippen LogP contribution in [0.4, 0.5) is 0 Å². The van der Waals surface area contributed by atoms with Crippen LogP contribution in [0.25, 0.3) is 11.8 Å². The van der Waals surface area contributed by atoms with Gasteiger partial charge in [0.1, 0.15) is 0 Å². The summed E-state index contributed by atoms with van der Waals surface area (Å²) in [5.74, 6) is 1.05. The van der Waals surface area contributed by atoms with Crippen molar-refractivity contribution < 1.29 is 14.3 Å². The fourth-order valence-corrected chi connectivity index (χ4v) is 2.84. The number of carbonyl (C=O) groups is 1. The maximum absolute atomic E-state index is 12.3. The number of hydrogen-bond acceptors (Lipinski definition) is 4. The third kappa shape index (κ3) is 2.97. The molecule has 24 heavy (non-hydrogen) atoms. The van der Waals surface area contributed by atoms with Crippen LogP contribution in [0.2, 0.25) is 0 Å². The van der Waals surface area contributed by atoms with Gasteiger partial charge in [0.05, 0.1) is 19.9 Å². The Morgan fingerprint density at radius 2 is 1.67 bits per heavy atom. The number of fused-ring (bicyclic) bond motifs is 1. The average Bonchev–Trinajstić information content (AvgIpc) is 2.71. The molecule has 0 aliphatic carbocycles. The fraction of sp³-hybridized carbons (Fsp3) is 0.167. The van der Waals surface area contributed by atoms with Crippen LogP contribution in [0.15, 0.2) is 40.9 Å². The van der Waals surface area contributed by atoms with Gasteiger partial charge in [0.25, 0.3) is 5.91 Å². The molecule has 0 fully saturated rings. The van der Waals surface area contributed by atoms with E-state index >= 15 is 0 Å². The van der Waals surface area contributed by atoms with Crippen LogP contribution in [0.1, 0.15) is 5.56 Å². The van der Waals surface area contributed by atoms with Crippen molar-refractivity contribution in [3.63, 3.8) is 0 Å². The first kappa shape index (κ1) is 16.4. The second-order valence-electron chi connectivity index (χ2n) is 5.33. The van der Waals surface area contributed by atoms with E-state index in [9.17, 15) is 4.79 Å². The molecule has 0 atom stereocenters. The topological polar surface area (TPSA) is 50.8 Å². The Balaban J connectivity index is 2.38. The molecule has 2 aromatic carbocycles. The van der Waals surface area contributed by atoms with Crippen LogP contribution in [0.3, 0.4) is 0 Å². The van der Waals surface area contributed by atoms with E-state index in [1.54, 1.807) is 27.3 Å². The number of ether oxygens (including phenoxy) is 2. The third-order valence-electron chi connectivity index (χ3n) is 3.85. The molecule has 6 heteroatoms. The highest BCUT2D eigenvalue weighted by atomic mass is 79.9. The Bertz CT molecular complexity index is 907. The number of methoxy groups -OCH3 is 2. The Kier molecular flexibility index (Phi) is 4.49. The summed E-state index contributed by atoms with van der Waals surface area (Å²) in [4.78, 5) is 12.3. The lowest BCUT2D eigenvalue weighted by atomic mass is 10.1. The van der Waals surface area contributed by atoms with Crippen molar-refractivity contribution in [1.29, 1.82) is 0 Å². The third-order valence-corrected chi connectivity index (χ3v) is 4.38. The minimum atomic E-state index is -0.143. The van der Waals surface area contributed by atoms with E-state index in [4.69, 9.17) is 9.47 Å². The molecular weight excluding hydrogens is 372 g/mol. The number of hydrogen-bond donors (Lipinski definition) is 1. The molecule has 2 aromatic rings. The molecule has 0 aromatic heterocycles. The van der Waals surface area contributed by atoms with Gasteiger partial charge in [-0.15, -0.1) is 0 Å². The maximum atomic E-state index is 12.3. The van der Waals surface area contributed by atoms with Crippen molar-refractivity contribution in [3.8, 4) is 11.5 Å². The van der Waals surface area contributed by atoms with E-state index in [0.717, 1.165) is 26.2 Å². The van der Waals surface area contributed by atoms with Gasteiger partial charge in [0, 0.05) is 28.4 Å². The number of benzene rings is 2. The molecule has 3 rings (SSSR count). The van der Waals surface area contributed by atoms with Gasteiger partial charge in [0.2, 0.25) is 0 Å². The number of hydrazine groups is 1. The molecule has 0 saturated heterocycles. The van der Waals surface area contributed by atoms with Crippen molar-refractivity contribution >= 4 is 33.6 Å². The quantitative estimate of drug-likeness (QED) is 0.862. The number of amides is 1. The summed E-state index contributed by atoms with van der Waals surface area (Å²) in [5.41, 5.74) is 4.95. The van der Waals surface area contributed by atoms with Crippen LogP contribution in [0, 0.1) is 0 Å². The fourth-order valence-electron chi connectivity index (χ4n) is 2.58. The van der Waals surface area contributed by atoms with Gasteiger partial charge in [-0.1, -0.05) is 28.1 Å². The van der Waals surface area contributed by atoms with E-state index in [1.807, 2.05) is 36.4 Å². The zero-order chi connectivity index (χ0) is 17.3. The molecule has 0 saturated carbocycles. The lowest BCUT2D eigenvalue weighted by Gasteiger charge is -2.19. The average molecular weight is 389 g/mol. The van der Waals surface area contributed by atoms with Crippen molar-refractivity contribution in [2.75, 3.05) is 21.3 Å². The van der Waals surface area contributed by atoms with Crippen molar-refractivity contribution in [2.24, 2.45) is 0 Å². The van der Waals surface area contributed by atoms with E-state index in [0.29, 0.717) is 11.5 Å². The van der Waals surface area contributed by atoms with Gasteiger partial charge in [-0.2, -0.15) is 0 Å². The normalized spacial score (nSPS) is 13.6. The molecule has 0 unspecified atom stereocenters. The van der Waals surface area contributed by atoms with Crippen molar-refractivity contribution in [1.82, 2.24) is 10.4 Å². The van der Waals surface area contributed by atoms with Gasteiger partial charge >= 0.3 is 0 Å². The van der Waals surface area contributed by atoms with Crippen molar-refractivity contribution in [2.45, 2.75) is 0 Å². The molecule has 1 aliphatic heterocycles. The lowest BCUT2D eigenvalue weighted by molar-refractivity contribution is -0.124. The molecule has 1 N–H and O–H groups in total.